The summed E-state index contributed by atoms with van der Waals surface area (Å²) in [5.74, 6) is -3.96. The molecule has 4 aromatic rings. The van der Waals surface area contributed by atoms with Crippen molar-refractivity contribution in [2.75, 3.05) is 13.2 Å². The predicted molar refractivity (Wildman–Crippen MR) is 266 cm³/mol. The molecule has 3 fully saturated rings. The van der Waals surface area contributed by atoms with Crippen LogP contribution in [0.15, 0.2) is 121 Å². The third-order valence-electron chi connectivity index (χ3n) is 12.5. The lowest BCUT2D eigenvalue weighted by Gasteiger charge is -2.51. The Balaban J connectivity index is 1.33. The number of nitrogens with one attached hydrogen (secondary N) is 1. The van der Waals surface area contributed by atoms with Crippen LogP contribution in [-0.4, -0.2) is 140 Å². The van der Waals surface area contributed by atoms with Gasteiger partial charge in [-0.2, -0.15) is 0 Å². The molecule has 4 aromatic carbocycles. The molecule has 410 valence electrons. The van der Waals surface area contributed by atoms with Gasteiger partial charge in [0.2, 0.25) is 5.91 Å². The number of esters is 4. The van der Waals surface area contributed by atoms with Crippen molar-refractivity contribution in [2.24, 2.45) is 0 Å². The van der Waals surface area contributed by atoms with Crippen LogP contribution in [0.1, 0.15) is 63.8 Å². The van der Waals surface area contributed by atoms with E-state index in [2.05, 4.69) is 5.32 Å². The molecule has 0 radical (unpaired) electrons. The van der Waals surface area contributed by atoms with Crippen LogP contribution in [0.2, 0.25) is 0 Å². The highest BCUT2D eigenvalue weighted by atomic mass is 16.8. The van der Waals surface area contributed by atoms with Crippen LogP contribution >= 0.6 is 0 Å². The van der Waals surface area contributed by atoms with Gasteiger partial charge in [0.05, 0.1) is 39.1 Å². The van der Waals surface area contributed by atoms with Crippen molar-refractivity contribution in [3.05, 3.63) is 144 Å². The molecule has 0 bridgehead atoms. The fourth-order valence-electron chi connectivity index (χ4n) is 9.22. The van der Waals surface area contributed by atoms with E-state index in [-0.39, 0.29) is 33.0 Å². The first-order chi connectivity index (χ1) is 36.6. The maximum Gasteiger partial charge on any atom is 0.303 e. The zero-order valence-electron chi connectivity index (χ0n) is 43.2. The number of amides is 1. The highest BCUT2D eigenvalue weighted by Crippen LogP contribution is 2.38. The molecular formula is C56H67NO19. The number of ether oxygens (including phenoxy) is 13. The minimum absolute atomic E-state index is 0.0579. The Hall–Kier alpha value is -6.17. The molecule has 76 heavy (non-hydrogen) atoms. The third-order valence-corrected chi connectivity index (χ3v) is 12.5. The van der Waals surface area contributed by atoms with Crippen molar-refractivity contribution in [1.82, 2.24) is 5.32 Å². The second-order valence-corrected chi connectivity index (χ2v) is 18.6. The van der Waals surface area contributed by atoms with E-state index in [1.165, 1.54) is 6.92 Å². The Labute approximate surface area is 441 Å². The maximum atomic E-state index is 13.2. The highest BCUT2D eigenvalue weighted by molar-refractivity contribution is 5.73. The molecule has 1 amide bonds. The molecule has 3 heterocycles. The molecule has 0 spiro atoms. The molecule has 0 aliphatic carbocycles. The zero-order chi connectivity index (χ0) is 54.1. The Bertz CT molecular complexity index is 2450. The van der Waals surface area contributed by atoms with Gasteiger partial charge < -0.3 is 72.0 Å². The summed E-state index contributed by atoms with van der Waals surface area (Å²) in [7, 11) is 0. The molecule has 2 N–H and O–H groups in total. The van der Waals surface area contributed by atoms with Crippen LogP contribution in [-0.2, 0) is 112 Å². The summed E-state index contributed by atoms with van der Waals surface area (Å²) >= 11 is 0. The minimum atomic E-state index is -1.82. The molecule has 20 heteroatoms. The number of hydrogen-bond acceptors (Lipinski definition) is 19. The number of carbonyl (C=O) groups is 5. The lowest BCUT2D eigenvalue weighted by Crippen LogP contribution is -2.70. The lowest BCUT2D eigenvalue weighted by molar-refractivity contribution is -0.377. The first-order valence-electron chi connectivity index (χ1n) is 25.1. The van der Waals surface area contributed by atoms with Crippen LogP contribution in [0.5, 0.6) is 0 Å². The Kier molecular flexibility index (Phi) is 21.4. The van der Waals surface area contributed by atoms with E-state index in [0.29, 0.717) is 0 Å². The van der Waals surface area contributed by atoms with Crippen molar-refractivity contribution in [3.8, 4) is 0 Å². The lowest BCUT2D eigenvalue weighted by atomic mass is 9.94. The Morgan fingerprint density at radius 3 is 1.39 bits per heavy atom. The largest absolute Gasteiger partial charge is 0.463 e. The molecule has 7 rings (SSSR count). The van der Waals surface area contributed by atoms with Crippen LogP contribution in [0.3, 0.4) is 0 Å². The quantitative estimate of drug-likeness (QED) is 0.0751. The number of aliphatic hydroxyl groups excluding tert-OH is 1. The summed E-state index contributed by atoms with van der Waals surface area (Å²) in [5, 5.41) is 14.6. The first-order valence-corrected chi connectivity index (χ1v) is 25.1. The van der Waals surface area contributed by atoms with Crippen molar-refractivity contribution in [3.63, 3.8) is 0 Å². The fourth-order valence-corrected chi connectivity index (χ4v) is 9.22. The average molecular weight is 1060 g/mol. The molecule has 3 aliphatic heterocycles. The average Bonchev–Trinajstić information content (AvgIpc) is 3.39. The van der Waals surface area contributed by atoms with Gasteiger partial charge in [-0.15, -0.1) is 0 Å². The van der Waals surface area contributed by atoms with E-state index < -0.39 is 128 Å². The molecule has 0 saturated carbocycles. The van der Waals surface area contributed by atoms with E-state index in [1.807, 2.05) is 128 Å². The molecule has 3 saturated heterocycles. The van der Waals surface area contributed by atoms with Gasteiger partial charge in [-0.05, 0) is 29.2 Å². The van der Waals surface area contributed by atoms with Crippen molar-refractivity contribution in [2.45, 2.75) is 160 Å². The van der Waals surface area contributed by atoms with Crippen LogP contribution in [0.4, 0.5) is 0 Å². The van der Waals surface area contributed by atoms with E-state index in [9.17, 15) is 29.1 Å². The molecule has 20 nitrogen and oxygen atoms in total. The van der Waals surface area contributed by atoms with Crippen LogP contribution in [0.25, 0.3) is 0 Å². The van der Waals surface area contributed by atoms with Gasteiger partial charge in [0.25, 0.3) is 0 Å². The summed E-state index contributed by atoms with van der Waals surface area (Å²) in [6.07, 6.45) is -19.0. The van der Waals surface area contributed by atoms with E-state index in [0.717, 1.165) is 49.9 Å². The molecule has 3 aliphatic rings. The van der Waals surface area contributed by atoms with Gasteiger partial charge in [-0.25, -0.2) is 0 Å². The molecule has 0 unspecified atom stereocenters. The third kappa shape index (κ3) is 16.4. The van der Waals surface area contributed by atoms with Gasteiger partial charge in [0.1, 0.15) is 55.4 Å². The Morgan fingerprint density at radius 2 is 0.895 bits per heavy atom. The smallest absolute Gasteiger partial charge is 0.303 e. The fraction of sp³-hybridized carbons (Fsp3) is 0.482. The topological polar surface area (TPSA) is 238 Å². The second kappa shape index (κ2) is 28.3. The monoisotopic (exact) mass is 1060 g/mol. The summed E-state index contributed by atoms with van der Waals surface area (Å²) in [4.78, 5) is 63.8. The molecule has 0 aromatic heterocycles. The number of rotatable bonds is 23. The number of aliphatic hydroxyl groups is 1. The normalized spacial score (nSPS) is 29.3. The van der Waals surface area contributed by atoms with Crippen LogP contribution in [0, 0.1) is 0 Å². The van der Waals surface area contributed by atoms with Gasteiger partial charge in [-0.1, -0.05) is 121 Å². The van der Waals surface area contributed by atoms with Gasteiger partial charge in [0, 0.05) is 34.6 Å². The zero-order valence-corrected chi connectivity index (χ0v) is 43.2. The van der Waals surface area contributed by atoms with E-state index >= 15 is 0 Å². The van der Waals surface area contributed by atoms with Crippen molar-refractivity contribution in [1.29, 1.82) is 0 Å². The van der Waals surface area contributed by atoms with Gasteiger partial charge in [-0.3, -0.25) is 24.0 Å². The summed E-state index contributed by atoms with van der Waals surface area (Å²) in [6.45, 7) is 7.11. The second-order valence-electron chi connectivity index (χ2n) is 18.6. The minimum Gasteiger partial charge on any atom is -0.463 e. The van der Waals surface area contributed by atoms with Crippen molar-refractivity contribution >= 4 is 29.8 Å². The Morgan fingerprint density at radius 1 is 0.461 bits per heavy atom. The standard InChI is InChI=1S/C56H67NO19/c1-33-46(66-28-40-21-13-8-14-22-40)50(67-29-41-23-15-9-16-24-41)52(68-30-42-25-17-10-18-26-42)55(69-33)75-47-43(31-64-27-39-19-11-7-12-20-39)73-54(63)45(57-34(2)58)49(47)76-56-53(72-38(6)62)51(71-37(5)61)48(70-36(4)60)44(74-56)32-65-35(3)59/h7-26,33,43-56,63H,27-32H2,1-6H3,(H,57,58)/t33-,43+,44+,45+,46+,47+,48-,49+,50+,51-,52-,53+,54+,55-,56-/m0/s1. The van der Waals surface area contributed by atoms with Crippen molar-refractivity contribution < 1.29 is 90.7 Å². The predicted octanol–water partition coefficient (Wildman–Crippen LogP) is 4.78. The van der Waals surface area contributed by atoms with E-state index in [4.69, 9.17) is 61.6 Å². The summed E-state index contributed by atoms with van der Waals surface area (Å²) in [6, 6.07) is 36.4. The highest BCUT2D eigenvalue weighted by Gasteiger charge is 2.58. The number of benzene rings is 4. The summed E-state index contributed by atoms with van der Waals surface area (Å²) < 4.78 is 82.6. The number of hydrogen-bond donors (Lipinski definition) is 2. The van der Waals surface area contributed by atoms with Gasteiger partial charge >= 0.3 is 23.9 Å². The first kappa shape index (κ1) is 57.5. The SMILES string of the molecule is CC(=O)N[C@@H]1[C@@H](O[C@@H]2O[C@H](COC(C)=O)[C@H](OC(C)=O)[C@H](OC(C)=O)[C@H]2OC(C)=O)[C@H](O[C@@H]2O[C@@H](C)[C@@H](OCc3ccccc3)[C@@H](OCc3ccccc3)[C@@H]2OCc2ccccc2)[C@@H](COCc2ccccc2)O[C@H]1O. The maximum absolute atomic E-state index is 13.2. The van der Waals surface area contributed by atoms with Crippen LogP contribution < -0.4 is 5.32 Å². The van der Waals surface area contributed by atoms with Gasteiger partial charge in [0.15, 0.2) is 37.2 Å². The van der Waals surface area contributed by atoms with E-state index in [1.54, 1.807) is 0 Å². The molecule has 15 atom stereocenters. The number of carbonyl (C=O) groups excluding carboxylic acids is 5. The summed E-state index contributed by atoms with van der Waals surface area (Å²) in [5.41, 5.74) is 3.40. The molecular weight excluding hydrogens is 991 g/mol.